The Morgan fingerprint density at radius 2 is 1.63 bits per heavy atom. The van der Waals surface area contributed by atoms with Gasteiger partial charge in [-0.2, -0.15) is 0 Å². The first-order valence-electron chi connectivity index (χ1n) is 12.2. The second-order valence-corrected chi connectivity index (χ2v) is 10.7. The van der Waals surface area contributed by atoms with Crippen LogP contribution >= 0.6 is 11.6 Å². The Morgan fingerprint density at radius 3 is 2.14 bits per heavy atom. The lowest BCUT2D eigenvalue weighted by Gasteiger charge is -2.50. The number of carbonyl (C=O) groups excluding carboxylic acids is 1. The van der Waals surface area contributed by atoms with Crippen molar-refractivity contribution in [2.75, 3.05) is 19.7 Å². The molecule has 1 fully saturated rings. The van der Waals surface area contributed by atoms with Gasteiger partial charge in [0.15, 0.2) is 0 Å². The number of alkyl halides is 1. The van der Waals surface area contributed by atoms with Crippen LogP contribution in [0.5, 0.6) is 0 Å². The number of carbonyl (C=O) groups is 1. The Morgan fingerprint density at radius 1 is 1.06 bits per heavy atom. The molecule has 1 heterocycles. The molecule has 35 heavy (non-hydrogen) atoms. The van der Waals surface area contributed by atoms with Crippen LogP contribution in [-0.4, -0.2) is 52.6 Å². The van der Waals surface area contributed by atoms with Gasteiger partial charge in [-0.05, 0) is 55.9 Å². The molecule has 186 valence electrons. The number of benzene rings is 2. The highest BCUT2D eigenvalue weighted by Gasteiger charge is 2.44. The lowest BCUT2D eigenvalue weighted by atomic mass is 9.69. The van der Waals surface area contributed by atoms with Crippen molar-refractivity contribution in [3.05, 3.63) is 95.3 Å². The lowest BCUT2D eigenvalue weighted by Crippen LogP contribution is -2.61. The molecule has 1 unspecified atom stereocenters. The summed E-state index contributed by atoms with van der Waals surface area (Å²) >= 11 is 6.02. The molecule has 0 saturated carbocycles. The number of primary amides is 1. The predicted molar refractivity (Wildman–Crippen MR) is 141 cm³/mol. The zero-order valence-electron chi connectivity index (χ0n) is 20.5. The molecule has 6 heteroatoms. The van der Waals surface area contributed by atoms with E-state index in [0.29, 0.717) is 19.4 Å². The van der Waals surface area contributed by atoms with Crippen LogP contribution in [0.4, 0.5) is 0 Å². The number of nitrogens with zero attached hydrogens (tertiary/aromatic N) is 1. The van der Waals surface area contributed by atoms with E-state index in [-0.39, 0.29) is 28.7 Å². The largest absolute Gasteiger partial charge is 0.511 e. The van der Waals surface area contributed by atoms with Crippen molar-refractivity contribution in [3.63, 3.8) is 0 Å². The number of aliphatic hydroxyl groups excluding tert-OH is 1. The highest BCUT2D eigenvalue weighted by Crippen LogP contribution is 2.40. The van der Waals surface area contributed by atoms with Gasteiger partial charge < -0.3 is 15.6 Å². The summed E-state index contributed by atoms with van der Waals surface area (Å²) in [5.41, 5.74) is 7.94. The number of rotatable bonds is 10. The van der Waals surface area contributed by atoms with Gasteiger partial charge >= 0.3 is 0 Å². The summed E-state index contributed by atoms with van der Waals surface area (Å²) in [5.74, 6) is -0.120. The summed E-state index contributed by atoms with van der Waals surface area (Å²) < 4.78 is 6.07. The molecule has 1 aliphatic carbocycles. The van der Waals surface area contributed by atoms with Gasteiger partial charge in [0.25, 0.3) is 0 Å². The highest BCUT2D eigenvalue weighted by atomic mass is 35.5. The first-order valence-corrected chi connectivity index (χ1v) is 12.7. The Labute approximate surface area is 213 Å². The standard InChI is InChI=1S/C29H35ClN2O3/c1-28(2,32-18-24(19-32)35-20-21-13-14-25(30)26(33)17-21)15-16-29(27(31)34,22-9-5-3-6-10-22)23-11-7-4-8-12-23/h3-13,17,24-25,33H,14-16,18-20H2,1-2H3,(H2,31,34). The number of hydrogen-bond donors (Lipinski definition) is 2. The molecule has 0 radical (unpaired) electrons. The van der Waals surface area contributed by atoms with Crippen LogP contribution in [-0.2, 0) is 14.9 Å². The SMILES string of the molecule is CC(C)(CCC(C(N)=O)(c1ccccc1)c1ccccc1)N1CC(OCC2=CCC(Cl)C(O)=C2)C1. The van der Waals surface area contributed by atoms with E-state index >= 15 is 0 Å². The molecule has 2 aliphatic rings. The predicted octanol–water partition coefficient (Wildman–Crippen LogP) is 5.10. The molecule has 2 aromatic carbocycles. The monoisotopic (exact) mass is 494 g/mol. The smallest absolute Gasteiger partial charge is 0.232 e. The number of likely N-dealkylation sites (tertiary alicyclic amines) is 1. The fourth-order valence-electron chi connectivity index (χ4n) is 5.03. The minimum atomic E-state index is -0.886. The summed E-state index contributed by atoms with van der Waals surface area (Å²) in [7, 11) is 0. The summed E-state index contributed by atoms with van der Waals surface area (Å²) in [4.78, 5) is 15.5. The van der Waals surface area contributed by atoms with Crippen LogP contribution < -0.4 is 5.73 Å². The van der Waals surface area contributed by atoms with Crippen LogP contribution in [0, 0.1) is 0 Å². The van der Waals surface area contributed by atoms with E-state index in [0.717, 1.165) is 36.2 Å². The van der Waals surface area contributed by atoms with Gasteiger partial charge in [0.05, 0.1) is 23.5 Å². The summed E-state index contributed by atoms with van der Waals surface area (Å²) in [6.45, 7) is 6.56. The summed E-state index contributed by atoms with van der Waals surface area (Å²) in [6, 6.07) is 19.7. The molecule has 1 amide bonds. The molecule has 3 N–H and O–H groups in total. The van der Waals surface area contributed by atoms with E-state index in [1.807, 2.05) is 66.7 Å². The summed E-state index contributed by atoms with van der Waals surface area (Å²) in [6.07, 6.45) is 5.90. The van der Waals surface area contributed by atoms with Crippen molar-refractivity contribution < 1.29 is 14.6 Å². The van der Waals surface area contributed by atoms with Crippen molar-refractivity contribution in [2.24, 2.45) is 5.73 Å². The zero-order chi connectivity index (χ0) is 25.1. The minimum absolute atomic E-state index is 0.127. The molecule has 5 nitrogen and oxygen atoms in total. The van der Waals surface area contributed by atoms with Gasteiger partial charge in [0.2, 0.25) is 5.91 Å². The quantitative estimate of drug-likeness (QED) is 0.451. The normalized spacial score (nSPS) is 19.6. The number of amides is 1. The van der Waals surface area contributed by atoms with Crippen molar-refractivity contribution in [1.29, 1.82) is 0 Å². The maximum Gasteiger partial charge on any atom is 0.232 e. The molecule has 0 aromatic heterocycles. The summed E-state index contributed by atoms with van der Waals surface area (Å²) in [5, 5.41) is 9.52. The van der Waals surface area contributed by atoms with Gasteiger partial charge in [0.1, 0.15) is 5.76 Å². The number of aliphatic hydroxyl groups is 1. The van der Waals surface area contributed by atoms with Crippen LogP contribution in [0.15, 0.2) is 84.1 Å². The van der Waals surface area contributed by atoms with Gasteiger partial charge in [0, 0.05) is 18.6 Å². The Hall–Kier alpha value is -2.60. The molecule has 1 aliphatic heterocycles. The first-order chi connectivity index (χ1) is 16.7. The Balaban J connectivity index is 1.41. The number of hydrogen-bond acceptors (Lipinski definition) is 4. The van der Waals surface area contributed by atoms with Crippen LogP contribution in [0.25, 0.3) is 0 Å². The maximum atomic E-state index is 13.1. The Kier molecular flexibility index (Phi) is 7.70. The lowest BCUT2D eigenvalue weighted by molar-refractivity contribution is -0.123. The highest BCUT2D eigenvalue weighted by molar-refractivity contribution is 6.22. The fourth-order valence-corrected chi connectivity index (χ4v) is 5.18. The fraction of sp³-hybridized carbons (Fsp3) is 0.414. The van der Waals surface area contributed by atoms with Crippen molar-refractivity contribution in [2.45, 2.75) is 55.5 Å². The third kappa shape index (κ3) is 5.48. The average Bonchev–Trinajstić information content (AvgIpc) is 2.82. The maximum absolute atomic E-state index is 13.1. The molecule has 1 saturated heterocycles. The molecular weight excluding hydrogens is 460 g/mol. The van der Waals surface area contributed by atoms with E-state index in [9.17, 15) is 9.90 Å². The minimum Gasteiger partial charge on any atom is -0.511 e. The van der Waals surface area contributed by atoms with Gasteiger partial charge in [-0.1, -0.05) is 66.7 Å². The van der Waals surface area contributed by atoms with Crippen molar-refractivity contribution in [1.82, 2.24) is 4.90 Å². The zero-order valence-corrected chi connectivity index (χ0v) is 21.2. The number of halogens is 1. The first kappa shape index (κ1) is 25.5. The second kappa shape index (κ2) is 10.6. The second-order valence-electron chi connectivity index (χ2n) is 10.2. The van der Waals surface area contributed by atoms with E-state index in [1.165, 1.54) is 0 Å². The molecule has 2 aromatic rings. The van der Waals surface area contributed by atoms with Crippen molar-refractivity contribution >= 4 is 17.5 Å². The van der Waals surface area contributed by atoms with E-state index < -0.39 is 5.41 Å². The molecule has 1 atom stereocenters. The molecule has 0 spiro atoms. The average molecular weight is 495 g/mol. The van der Waals surface area contributed by atoms with Crippen molar-refractivity contribution in [3.8, 4) is 0 Å². The Bertz CT molecular complexity index is 1040. The van der Waals surface area contributed by atoms with E-state index in [2.05, 4.69) is 18.7 Å². The van der Waals surface area contributed by atoms with Gasteiger partial charge in [-0.15, -0.1) is 11.6 Å². The molecular formula is C29H35ClN2O3. The molecule has 4 rings (SSSR count). The van der Waals surface area contributed by atoms with Gasteiger partial charge in [-0.3, -0.25) is 9.69 Å². The van der Waals surface area contributed by atoms with E-state index in [1.54, 1.807) is 6.08 Å². The molecule has 0 bridgehead atoms. The van der Waals surface area contributed by atoms with Crippen LogP contribution in [0.1, 0.15) is 44.2 Å². The van der Waals surface area contributed by atoms with Crippen LogP contribution in [0.3, 0.4) is 0 Å². The third-order valence-electron chi connectivity index (χ3n) is 7.50. The third-order valence-corrected chi connectivity index (χ3v) is 7.90. The van der Waals surface area contributed by atoms with E-state index in [4.69, 9.17) is 22.1 Å². The topological polar surface area (TPSA) is 75.8 Å². The van der Waals surface area contributed by atoms with Crippen LogP contribution in [0.2, 0.25) is 0 Å². The van der Waals surface area contributed by atoms with Gasteiger partial charge in [-0.25, -0.2) is 0 Å². The number of allylic oxidation sites excluding steroid dienone is 2. The number of nitrogens with two attached hydrogens (primary N) is 1. The number of ether oxygens (including phenoxy) is 1.